The van der Waals surface area contributed by atoms with E-state index in [1.807, 2.05) is 18.2 Å². The molecule has 0 atom stereocenters. The number of hydrogen-bond donors (Lipinski definition) is 1. The normalized spacial score (nSPS) is 13.9. The Hall–Kier alpha value is -1.49. The molecule has 0 bridgehead atoms. The number of rotatable bonds is 9. The number of benzene rings is 1. The number of hydrogen-bond acceptors (Lipinski definition) is 3. The summed E-state index contributed by atoms with van der Waals surface area (Å²) < 4.78 is 0. The fraction of sp³-hybridized carbons (Fsp3) is 0.500. The van der Waals surface area contributed by atoms with Gasteiger partial charge in [0.2, 0.25) is 5.91 Å². The highest BCUT2D eigenvalue weighted by Crippen LogP contribution is 2.27. The van der Waals surface area contributed by atoms with E-state index in [0.717, 1.165) is 25.0 Å². The summed E-state index contributed by atoms with van der Waals surface area (Å²) in [5.74, 6) is 0.595. The molecule has 1 saturated carbocycles. The van der Waals surface area contributed by atoms with Crippen molar-refractivity contribution in [3.05, 3.63) is 35.9 Å². The van der Waals surface area contributed by atoms with E-state index in [1.165, 1.54) is 5.56 Å². The van der Waals surface area contributed by atoms with Crippen molar-refractivity contribution in [1.82, 2.24) is 4.90 Å². The lowest BCUT2D eigenvalue weighted by molar-refractivity contribution is -0.138. The Bertz CT molecular complexity index is 474. The van der Waals surface area contributed by atoms with E-state index in [4.69, 9.17) is 5.11 Å². The highest BCUT2D eigenvalue weighted by Gasteiger charge is 2.32. The molecule has 2 rings (SSSR count). The van der Waals surface area contributed by atoms with Crippen LogP contribution in [-0.4, -0.2) is 46.0 Å². The molecule has 5 heteroatoms. The SMILES string of the molecule is O=C(O)CCN(C(=O)CSCCc1ccccc1)C1CC1. The van der Waals surface area contributed by atoms with Gasteiger partial charge in [-0.05, 0) is 30.6 Å². The van der Waals surface area contributed by atoms with Crippen LogP contribution in [0.2, 0.25) is 0 Å². The highest BCUT2D eigenvalue weighted by atomic mass is 32.2. The Morgan fingerprint density at radius 3 is 2.57 bits per heavy atom. The van der Waals surface area contributed by atoms with E-state index >= 15 is 0 Å². The molecule has 21 heavy (non-hydrogen) atoms. The second-order valence-corrected chi connectivity index (χ2v) is 6.36. The van der Waals surface area contributed by atoms with E-state index in [-0.39, 0.29) is 18.4 Å². The van der Waals surface area contributed by atoms with Crippen molar-refractivity contribution in [2.24, 2.45) is 0 Å². The third-order valence-electron chi connectivity index (χ3n) is 3.48. The summed E-state index contributed by atoms with van der Waals surface area (Å²) in [7, 11) is 0. The number of carboxylic acids is 1. The molecule has 1 amide bonds. The van der Waals surface area contributed by atoms with Crippen LogP contribution in [-0.2, 0) is 16.0 Å². The Morgan fingerprint density at radius 2 is 1.95 bits per heavy atom. The van der Waals surface area contributed by atoms with Crippen molar-refractivity contribution in [3.63, 3.8) is 0 Å². The molecule has 1 aromatic rings. The third-order valence-corrected chi connectivity index (χ3v) is 4.42. The van der Waals surface area contributed by atoms with Crippen LogP contribution in [0.5, 0.6) is 0 Å². The van der Waals surface area contributed by atoms with Gasteiger partial charge >= 0.3 is 5.97 Å². The zero-order valence-electron chi connectivity index (χ0n) is 12.0. The molecule has 1 aliphatic rings. The first kappa shape index (κ1) is 15.9. The monoisotopic (exact) mass is 307 g/mol. The lowest BCUT2D eigenvalue weighted by atomic mass is 10.2. The van der Waals surface area contributed by atoms with Gasteiger partial charge in [-0.15, -0.1) is 0 Å². The van der Waals surface area contributed by atoms with Gasteiger partial charge in [-0.3, -0.25) is 9.59 Å². The Kier molecular flexibility index (Phi) is 6.11. The second kappa shape index (κ2) is 8.08. The Balaban J connectivity index is 1.68. The van der Waals surface area contributed by atoms with E-state index in [0.29, 0.717) is 12.3 Å². The van der Waals surface area contributed by atoms with Gasteiger partial charge in [0.1, 0.15) is 0 Å². The van der Waals surface area contributed by atoms with Crippen molar-refractivity contribution in [3.8, 4) is 0 Å². The van der Waals surface area contributed by atoms with E-state index < -0.39 is 5.97 Å². The van der Waals surface area contributed by atoms with Crippen molar-refractivity contribution >= 4 is 23.6 Å². The minimum absolute atomic E-state index is 0.0386. The summed E-state index contributed by atoms with van der Waals surface area (Å²) in [6, 6.07) is 10.5. The second-order valence-electron chi connectivity index (χ2n) is 5.25. The zero-order valence-corrected chi connectivity index (χ0v) is 12.8. The summed E-state index contributed by atoms with van der Waals surface area (Å²) in [4.78, 5) is 24.6. The van der Waals surface area contributed by atoms with Crippen LogP contribution in [0.4, 0.5) is 0 Å². The number of carbonyl (C=O) groups excluding carboxylic acids is 1. The summed E-state index contributed by atoms with van der Waals surface area (Å²) in [5.41, 5.74) is 1.28. The highest BCUT2D eigenvalue weighted by molar-refractivity contribution is 7.99. The quantitative estimate of drug-likeness (QED) is 0.712. The van der Waals surface area contributed by atoms with Gasteiger partial charge < -0.3 is 10.0 Å². The maximum atomic E-state index is 12.2. The Morgan fingerprint density at radius 1 is 1.24 bits per heavy atom. The van der Waals surface area contributed by atoms with Crippen molar-refractivity contribution in [1.29, 1.82) is 0 Å². The number of carbonyl (C=O) groups is 2. The lowest BCUT2D eigenvalue weighted by Gasteiger charge is -2.21. The largest absolute Gasteiger partial charge is 0.481 e. The fourth-order valence-corrected chi connectivity index (χ4v) is 3.06. The summed E-state index contributed by atoms with van der Waals surface area (Å²) in [5, 5.41) is 8.74. The first-order valence-corrected chi connectivity index (χ1v) is 8.45. The molecule has 114 valence electrons. The number of aryl methyl sites for hydroxylation is 1. The first-order valence-electron chi connectivity index (χ1n) is 7.30. The number of carboxylic acid groups (broad SMARTS) is 1. The number of aliphatic carboxylic acids is 1. The van der Waals surface area contributed by atoms with Crippen LogP contribution < -0.4 is 0 Å². The molecule has 0 heterocycles. The minimum Gasteiger partial charge on any atom is -0.481 e. The molecule has 4 nitrogen and oxygen atoms in total. The van der Waals surface area contributed by atoms with Gasteiger partial charge in [0, 0.05) is 12.6 Å². The maximum absolute atomic E-state index is 12.2. The number of thioether (sulfide) groups is 1. The van der Waals surface area contributed by atoms with E-state index in [1.54, 1.807) is 16.7 Å². The molecule has 1 fully saturated rings. The van der Waals surface area contributed by atoms with Gasteiger partial charge in [-0.1, -0.05) is 30.3 Å². The zero-order chi connectivity index (χ0) is 15.1. The average molecular weight is 307 g/mol. The van der Waals surface area contributed by atoms with Crippen LogP contribution in [0.25, 0.3) is 0 Å². The molecular formula is C16H21NO3S. The number of nitrogens with zero attached hydrogens (tertiary/aromatic N) is 1. The summed E-state index contributed by atoms with van der Waals surface area (Å²) in [6.45, 7) is 0.345. The van der Waals surface area contributed by atoms with Crippen molar-refractivity contribution in [2.75, 3.05) is 18.1 Å². The lowest BCUT2D eigenvalue weighted by Crippen LogP contribution is -2.36. The molecule has 0 aliphatic heterocycles. The molecule has 0 saturated heterocycles. The van der Waals surface area contributed by atoms with Crippen LogP contribution in [0.15, 0.2) is 30.3 Å². The molecule has 1 aliphatic carbocycles. The predicted octanol–water partition coefficient (Wildman–Crippen LogP) is 2.43. The number of amides is 1. The topological polar surface area (TPSA) is 57.6 Å². The predicted molar refractivity (Wildman–Crippen MR) is 84.5 cm³/mol. The van der Waals surface area contributed by atoms with Crippen LogP contribution in [0, 0.1) is 0 Å². The van der Waals surface area contributed by atoms with E-state index in [9.17, 15) is 9.59 Å². The van der Waals surface area contributed by atoms with Gasteiger partial charge in [0.15, 0.2) is 0 Å². The molecular weight excluding hydrogens is 286 g/mol. The van der Waals surface area contributed by atoms with Gasteiger partial charge in [-0.2, -0.15) is 11.8 Å². The minimum atomic E-state index is -0.842. The van der Waals surface area contributed by atoms with Gasteiger partial charge in [-0.25, -0.2) is 0 Å². The molecule has 1 N–H and O–H groups in total. The van der Waals surface area contributed by atoms with Crippen LogP contribution in [0.1, 0.15) is 24.8 Å². The summed E-state index contributed by atoms with van der Waals surface area (Å²) >= 11 is 1.63. The Labute approximate surface area is 129 Å². The standard InChI is InChI=1S/C16H21NO3S/c18-15(17(14-6-7-14)10-8-16(19)20)12-21-11-9-13-4-2-1-3-5-13/h1-5,14H,6-12H2,(H,19,20). The van der Waals surface area contributed by atoms with Gasteiger partial charge in [0.25, 0.3) is 0 Å². The molecule has 0 aromatic heterocycles. The van der Waals surface area contributed by atoms with Gasteiger partial charge in [0.05, 0.1) is 12.2 Å². The first-order chi connectivity index (χ1) is 10.2. The molecule has 0 unspecified atom stereocenters. The third kappa shape index (κ3) is 5.79. The summed E-state index contributed by atoms with van der Waals surface area (Å²) in [6.07, 6.45) is 3.02. The maximum Gasteiger partial charge on any atom is 0.305 e. The van der Waals surface area contributed by atoms with Crippen LogP contribution in [0.3, 0.4) is 0 Å². The molecule has 1 aromatic carbocycles. The van der Waals surface area contributed by atoms with Crippen LogP contribution >= 0.6 is 11.8 Å². The molecule has 0 spiro atoms. The van der Waals surface area contributed by atoms with Crippen molar-refractivity contribution in [2.45, 2.75) is 31.7 Å². The molecule has 0 radical (unpaired) electrons. The van der Waals surface area contributed by atoms with E-state index in [2.05, 4.69) is 12.1 Å². The van der Waals surface area contributed by atoms with Crippen molar-refractivity contribution < 1.29 is 14.7 Å². The fourth-order valence-electron chi connectivity index (χ4n) is 2.19. The average Bonchev–Trinajstić information content (AvgIpc) is 3.29. The smallest absolute Gasteiger partial charge is 0.305 e.